The fourth-order valence-corrected chi connectivity index (χ4v) is 6.59. The maximum absolute atomic E-state index is 13.3. The van der Waals surface area contributed by atoms with Crippen LogP contribution in [0.25, 0.3) is 0 Å². The number of aliphatic hydroxyl groups excluding tert-OH is 1. The van der Waals surface area contributed by atoms with E-state index < -0.39 is 43.5 Å². The van der Waals surface area contributed by atoms with Gasteiger partial charge in [0.15, 0.2) is 9.84 Å². The minimum Gasteiger partial charge on any atom is -0.399 e. The van der Waals surface area contributed by atoms with E-state index in [9.17, 15) is 21.9 Å². The van der Waals surface area contributed by atoms with Crippen LogP contribution in [0.3, 0.4) is 0 Å². The Bertz CT molecular complexity index is 1110. The van der Waals surface area contributed by atoms with Crippen LogP contribution in [0.1, 0.15) is 5.56 Å². The average molecular weight is 407 g/mol. The van der Waals surface area contributed by atoms with Gasteiger partial charge in [-0.2, -0.15) is 5.26 Å². The van der Waals surface area contributed by atoms with Crippen molar-refractivity contribution < 1.29 is 21.9 Å². The maximum atomic E-state index is 13.3. The summed E-state index contributed by atoms with van der Waals surface area (Å²) in [5.41, 5.74) is 6.38. The lowest BCUT2D eigenvalue weighted by atomic mass is 10.2. The second-order valence-corrected chi connectivity index (χ2v) is 10.2. The second-order valence-electron chi connectivity index (χ2n) is 6.24. The molecular formula is C17H17N3O5S2. The highest BCUT2D eigenvalue weighted by Gasteiger charge is 2.45. The van der Waals surface area contributed by atoms with Gasteiger partial charge in [-0.1, -0.05) is 6.07 Å². The molecule has 2 aromatic rings. The number of nitrogen functional groups attached to an aromatic ring is 1. The average Bonchev–Trinajstić information content (AvgIpc) is 2.89. The van der Waals surface area contributed by atoms with Crippen molar-refractivity contribution in [1.29, 1.82) is 5.26 Å². The second kappa shape index (κ2) is 6.84. The van der Waals surface area contributed by atoms with Crippen molar-refractivity contribution in [2.45, 2.75) is 17.0 Å². The first-order valence-corrected chi connectivity index (χ1v) is 11.2. The normalized spacial score (nSPS) is 21.5. The van der Waals surface area contributed by atoms with Gasteiger partial charge in [0.05, 0.1) is 45.9 Å². The molecule has 1 fully saturated rings. The zero-order valence-electron chi connectivity index (χ0n) is 14.1. The molecular weight excluding hydrogens is 390 g/mol. The molecule has 2 atom stereocenters. The van der Waals surface area contributed by atoms with E-state index in [1.165, 1.54) is 48.5 Å². The van der Waals surface area contributed by atoms with Crippen LogP contribution >= 0.6 is 0 Å². The minimum atomic E-state index is -4.25. The summed E-state index contributed by atoms with van der Waals surface area (Å²) in [7, 11) is -7.84. The first-order valence-electron chi connectivity index (χ1n) is 7.93. The number of hydrogen-bond donors (Lipinski definition) is 2. The molecule has 0 radical (unpaired) electrons. The number of nitrogens with zero attached hydrogens (tertiary/aromatic N) is 2. The van der Waals surface area contributed by atoms with Crippen molar-refractivity contribution in [1.82, 2.24) is 0 Å². The topological polar surface area (TPSA) is 142 Å². The van der Waals surface area contributed by atoms with Crippen molar-refractivity contribution >= 4 is 31.2 Å². The molecule has 1 saturated heterocycles. The fourth-order valence-electron chi connectivity index (χ4n) is 3.00. The SMILES string of the molecule is N#Cc1cccc(S(=O)(=O)N(c2ccc(N)cc2)[C@H]2CS(=O)(=O)C[C@H]2O)c1. The van der Waals surface area contributed by atoms with Crippen molar-refractivity contribution in [2.75, 3.05) is 21.5 Å². The lowest BCUT2D eigenvalue weighted by Crippen LogP contribution is -2.47. The molecule has 0 aromatic heterocycles. The maximum Gasteiger partial charge on any atom is 0.264 e. The fraction of sp³-hybridized carbons (Fsp3) is 0.235. The van der Waals surface area contributed by atoms with Crippen LogP contribution < -0.4 is 10.0 Å². The summed E-state index contributed by atoms with van der Waals surface area (Å²) in [6.07, 6.45) is -1.37. The van der Waals surface area contributed by atoms with Gasteiger partial charge in [-0.25, -0.2) is 16.8 Å². The van der Waals surface area contributed by atoms with E-state index in [0.717, 1.165) is 4.31 Å². The van der Waals surface area contributed by atoms with Gasteiger partial charge >= 0.3 is 0 Å². The van der Waals surface area contributed by atoms with E-state index in [-0.39, 0.29) is 16.1 Å². The van der Waals surface area contributed by atoms with Crippen LogP contribution in [-0.2, 0) is 19.9 Å². The molecule has 0 amide bonds. The number of anilines is 2. The van der Waals surface area contributed by atoms with Gasteiger partial charge in [-0.3, -0.25) is 4.31 Å². The van der Waals surface area contributed by atoms with Gasteiger partial charge in [-0.15, -0.1) is 0 Å². The Labute approximate surface area is 157 Å². The summed E-state index contributed by atoms with van der Waals surface area (Å²) in [6.45, 7) is 0. The third kappa shape index (κ3) is 3.75. The van der Waals surface area contributed by atoms with E-state index in [1.54, 1.807) is 0 Å². The Morgan fingerprint density at radius 2 is 1.81 bits per heavy atom. The van der Waals surface area contributed by atoms with Gasteiger partial charge in [-0.05, 0) is 42.5 Å². The van der Waals surface area contributed by atoms with Crippen LogP contribution in [0.4, 0.5) is 11.4 Å². The molecule has 1 aliphatic rings. The molecule has 3 N–H and O–H groups in total. The number of sulfonamides is 1. The zero-order valence-corrected chi connectivity index (χ0v) is 15.7. The largest absolute Gasteiger partial charge is 0.399 e. The van der Waals surface area contributed by atoms with Crippen LogP contribution in [0.15, 0.2) is 53.4 Å². The first-order chi connectivity index (χ1) is 12.6. The molecule has 142 valence electrons. The van der Waals surface area contributed by atoms with Crippen molar-refractivity contribution in [3.8, 4) is 6.07 Å². The van der Waals surface area contributed by atoms with E-state index in [1.807, 2.05) is 6.07 Å². The van der Waals surface area contributed by atoms with E-state index in [4.69, 9.17) is 11.0 Å². The number of nitriles is 1. The summed E-state index contributed by atoms with van der Waals surface area (Å²) in [4.78, 5) is -0.171. The molecule has 0 saturated carbocycles. The Hall–Kier alpha value is -2.61. The number of aliphatic hydroxyl groups is 1. The summed E-state index contributed by atoms with van der Waals surface area (Å²) in [5.74, 6) is -1.02. The molecule has 1 aliphatic heterocycles. The summed E-state index contributed by atoms with van der Waals surface area (Å²) in [6, 6.07) is 11.9. The lowest BCUT2D eigenvalue weighted by molar-refractivity contribution is 0.184. The van der Waals surface area contributed by atoms with E-state index in [2.05, 4.69) is 0 Å². The van der Waals surface area contributed by atoms with Crippen molar-refractivity contribution in [3.05, 3.63) is 54.1 Å². The Kier molecular flexibility index (Phi) is 4.86. The number of sulfone groups is 1. The van der Waals surface area contributed by atoms with Gasteiger partial charge in [0, 0.05) is 5.69 Å². The summed E-state index contributed by atoms with van der Waals surface area (Å²) in [5, 5.41) is 19.3. The Balaban J connectivity index is 2.17. The van der Waals surface area contributed by atoms with Gasteiger partial charge in [0.25, 0.3) is 10.0 Å². The van der Waals surface area contributed by atoms with Crippen molar-refractivity contribution in [2.24, 2.45) is 0 Å². The molecule has 0 aliphatic carbocycles. The molecule has 1 heterocycles. The summed E-state index contributed by atoms with van der Waals surface area (Å²) < 4.78 is 51.4. The van der Waals surface area contributed by atoms with Crippen molar-refractivity contribution in [3.63, 3.8) is 0 Å². The Morgan fingerprint density at radius 3 is 2.37 bits per heavy atom. The predicted molar refractivity (Wildman–Crippen MR) is 100 cm³/mol. The highest BCUT2D eigenvalue weighted by Crippen LogP contribution is 2.31. The molecule has 2 aromatic carbocycles. The number of rotatable bonds is 4. The minimum absolute atomic E-state index is 0.146. The van der Waals surface area contributed by atoms with Gasteiger partial charge < -0.3 is 10.8 Å². The molecule has 0 spiro atoms. The monoisotopic (exact) mass is 407 g/mol. The number of nitrogens with two attached hydrogens (primary N) is 1. The first kappa shape index (κ1) is 19.2. The van der Waals surface area contributed by atoms with Gasteiger partial charge in [0.2, 0.25) is 0 Å². The lowest BCUT2D eigenvalue weighted by Gasteiger charge is -2.31. The van der Waals surface area contributed by atoms with E-state index in [0.29, 0.717) is 5.69 Å². The standard InChI is InChI=1S/C17H17N3O5S2/c18-9-12-2-1-3-15(8-12)27(24,25)20(14-6-4-13(19)5-7-14)16-10-26(22,23)11-17(16)21/h1-8,16-17,21H,10-11,19H2/t16-,17+/m0/s1. The highest BCUT2D eigenvalue weighted by molar-refractivity contribution is 7.93. The summed E-state index contributed by atoms with van der Waals surface area (Å²) >= 11 is 0. The molecule has 10 heteroatoms. The molecule has 8 nitrogen and oxygen atoms in total. The zero-order chi connectivity index (χ0) is 19.8. The molecule has 27 heavy (non-hydrogen) atoms. The third-order valence-electron chi connectivity index (χ3n) is 4.26. The van der Waals surface area contributed by atoms with Gasteiger partial charge in [0.1, 0.15) is 0 Å². The van der Waals surface area contributed by atoms with Crippen LogP contribution in [0, 0.1) is 11.3 Å². The quantitative estimate of drug-likeness (QED) is 0.703. The number of hydrogen-bond acceptors (Lipinski definition) is 7. The predicted octanol–water partition coefficient (Wildman–Crippen LogP) is 0.494. The molecule has 3 rings (SSSR count). The third-order valence-corrected chi connectivity index (χ3v) is 7.81. The molecule has 0 bridgehead atoms. The smallest absolute Gasteiger partial charge is 0.264 e. The van der Waals surface area contributed by atoms with Crippen LogP contribution in [0.2, 0.25) is 0 Å². The van der Waals surface area contributed by atoms with Crippen LogP contribution in [0.5, 0.6) is 0 Å². The molecule has 0 unspecified atom stereocenters. The highest BCUT2D eigenvalue weighted by atomic mass is 32.2. The van der Waals surface area contributed by atoms with Crippen LogP contribution in [-0.4, -0.2) is 45.6 Å². The Morgan fingerprint density at radius 1 is 1.15 bits per heavy atom. The van der Waals surface area contributed by atoms with E-state index >= 15 is 0 Å². The number of benzene rings is 2.